The molecule has 0 spiro atoms. The number of carbonyl (C=O) groups is 2. The van der Waals surface area contributed by atoms with Crippen molar-refractivity contribution < 1.29 is 18.7 Å². The van der Waals surface area contributed by atoms with Gasteiger partial charge in [0, 0.05) is 30.6 Å². The summed E-state index contributed by atoms with van der Waals surface area (Å²) in [6.07, 6.45) is 0. The number of ether oxygens (including phenoxy) is 1. The fourth-order valence-corrected chi connectivity index (χ4v) is 2.03. The van der Waals surface area contributed by atoms with Crippen molar-refractivity contribution >= 4 is 23.2 Å². The van der Waals surface area contributed by atoms with Crippen LogP contribution in [0.2, 0.25) is 0 Å². The molecule has 0 radical (unpaired) electrons. The van der Waals surface area contributed by atoms with Gasteiger partial charge in [0.05, 0.1) is 13.2 Å². The second kappa shape index (κ2) is 9.39. The van der Waals surface area contributed by atoms with E-state index in [2.05, 4.69) is 16.0 Å². The zero-order valence-electron chi connectivity index (χ0n) is 13.8. The third-order valence-electron chi connectivity index (χ3n) is 3.32. The predicted molar refractivity (Wildman–Crippen MR) is 94.2 cm³/mol. The maximum Gasteiger partial charge on any atom is 0.251 e. The van der Waals surface area contributed by atoms with Crippen molar-refractivity contribution in [1.82, 2.24) is 5.32 Å². The largest absolute Gasteiger partial charge is 0.383 e. The van der Waals surface area contributed by atoms with E-state index in [0.717, 1.165) is 0 Å². The fraction of sp³-hybridized carbons (Fsp3) is 0.222. The molecule has 0 aliphatic carbocycles. The van der Waals surface area contributed by atoms with E-state index in [4.69, 9.17) is 4.74 Å². The lowest BCUT2D eigenvalue weighted by atomic mass is 10.2. The van der Waals surface area contributed by atoms with E-state index < -0.39 is 0 Å². The highest BCUT2D eigenvalue weighted by molar-refractivity contribution is 5.96. The molecule has 7 heteroatoms. The van der Waals surface area contributed by atoms with E-state index in [-0.39, 0.29) is 24.2 Å². The van der Waals surface area contributed by atoms with Gasteiger partial charge >= 0.3 is 0 Å². The molecule has 0 atom stereocenters. The molecule has 0 aliphatic rings. The van der Waals surface area contributed by atoms with Gasteiger partial charge < -0.3 is 20.7 Å². The number of methoxy groups -OCH3 is 1. The molecule has 6 nitrogen and oxygen atoms in total. The van der Waals surface area contributed by atoms with E-state index in [1.807, 2.05) is 0 Å². The first-order chi connectivity index (χ1) is 12.1. The Morgan fingerprint density at radius 1 is 1.00 bits per heavy atom. The maximum absolute atomic E-state index is 12.8. The topological polar surface area (TPSA) is 79.5 Å². The molecule has 0 aromatic heterocycles. The summed E-state index contributed by atoms with van der Waals surface area (Å²) in [4.78, 5) is 23.8. The normalized spacial score (nSPS) is 10.2. The Hall–Kier alpha value is -2.93. The Kier molecular flexibility index (Phi) is 6.91. The highest BCUT2D eigenvalue weighted by Crippen LogP contribution is 2.10. The van der Waals surface area contributed by atoms with Gasteiger partial charge in [-0.1, -0.05) is 0 Å². The quantitative estimate of drug-likeness (QED) is 0.641. The number of anilines is 2. The number of nitrogens with one attached hydrogen (secondary N) is 3. The third kappa shape index (κ3) is 6.23. The first-order valence-electron chi connectivity index (χ1n) is 7.75. The molecule has 2 aromatic carbocycles. The van der Waals surface area contributed by atoms with Gasteiger partial charge in [-0.05, 0) is 48.5 Å². The lowest BCUT2D eigenvalue weighted by Gasteiger charge is -2.09. The number of benzene rings is 2. The highest BCUT2D eigenvalue weighted by atomic mass is 19.1. The summed E-state index contributed by atoms with van der Waals surface area (Å²) in [5.41, 5.74) is 1.73. The molecule has 2 amide bonds. The molecule has 2 aromatic rings. The van der Waals surface area contributed by atoms with Crippen LogP contribution in [0.25, 0.3) is 0 Å². The van der Waals surface area contributed by atoms with Gasteiger partial charge in [-0.25, -0.2) is 4.39 Å². The molecule has 0 saturated carbocycles. The second-order valence-electron chi connectivity index (χ2n) is 5.23. The zero-order valence-corrected chi connectivity index (χ0v) is 13.8. The molecule has 2 rings (SSSR count). The number of hydrogen-bond donors (Lipinski definition) is 3. The van der Waals surface area contributed by atoms with Gasteiger partial charge in [0.15, 0.2) is 0 Å². The van der Waals surface area contributed by atoms with E-state index in [0.29, 0.717) is 30.1 Å². The Labute approximate surface area is 145 Å². The smallest absolute Gasteiger partial charge is 0.251 e. The summed E-state index contributed by atoms with van der Waals surface area (Å²) in [7, 11) is 1.56. The Morgan fingerprint density at radius 2 is 1.64 bits per heavy atom. The third-order valence-corrected chi connectivity index (χ3v) is 3.32. The second-order valence-corrected chi connectivity index (χ2v) is 5.23. The zero-order chi connectivity index (χ0) is 18.1. The van der Waals surface area contributed by atoms with Crippen molar-refractivity contribution in [3.8, 4) is 0 Å². The summed E-state index contributed by atoms with van der Waals surface area (Å²) in [6, 6.07) is 12.3. The van der Waals surface area contributed by atoms with E-state index in [1.54, 1.807) is 43.5 Å². The van der Waals surface area contributed by atoms with Gasteiger partial charge in [-0.3, -0.25) is 9.59 Å². The average molecular weight is 345 g/mol. The Morgan fingerprint density at radius 3 is 2.28 bits per heavy atom. The molecule has 0 heterocycles. The van der Waals surface area contributed by atoms with Crippen molar-refractivity contribution in [2.45, 2.75) is 0 Å². The summed E-state index contributed by atoms with van der Waals surface area (Å²) in [6.45, 7) is 0.925. The van der Waals surface area contributed by atoms with Gasteiger partial charge in [-0.2, -0.15) is 0 Å². The highest BCUT2D eigenvalue weighted by Gasteiger charge is 2.06. The molecule has 0 fully saturated rings. The van der Waals surface area contributed by atoms with Crippen LogP contribution in [-0.4, -0.2) is 38.6 Å². The first kappa shape index (κ1) is 18.4. The minimum absolute atomic E-state index is 0.0465. The lowest BCUT2D eigenvalue weighted by Crippen LogP contribution is -2.27. The van der Waals surface area contributed by atoms with Crippen LogP contribution in [0, 0.1) is 5.82 Å². The SMILES string of the molecule is COCCNC(=O)c1ccc(NC(=O)CNc2ccc(F)cc2)cc1. The maximum atomic E-state index is 12.8. The molecule has 132 valence electrons. The summed E-state index contributed by atoms with van der Waals surface area (Å²) in [5, 5.41) is 8.32. The molecular formula is C18H20FN3O3. The summed E-state index contributed by atoms with van der Waals surface area (Å²) >= 11 is 0. The van der Waals surface area contributed by atoms with Gasteiger partial charge in [-0.15, -0.1) is 0 Å². The van der Waals surface area contributed by atoms with Crippen LogP contribution in [0.3, 0.4) is 0 Å². The number of hydrogen-bond acceptors (Lipinski definition) is 4. The minimum Gasteiger partial charge on any atom is -0.383 e. The fourth-order valence-electron chi connectivity index (χ4n) is 2.03. The standard InChI is InChI=1S/C18H20FN3O3/c1-25-11-10-20-18(24)13-2-6-16(7-3-13)22-17(23)12-21-15-8-4-14(19)5-9-15/h2-9,21H,10-12H2,1H3,(H,20,24)(H,22,23). The first-order valence-corrected chi connectivity index (χ1v) is 7.75. The molecule has 25 heavy (non-hydrogen) atoms. The van der Waals surface area contributed by atoms with Crippen molar-refractivity contribution in [1.29, 1.82) is 0 Å². The van der Waals surface area contributed by atoms with Crippen LogP contribution < -0.4 is 16.0 Å². The van der Waals surface area contributed by atoms with Gasteiger partial charge in [0.25, 0.3) is 5.91 Å². The number of carbonyl (C=O) groups excluding carboxylic acids is 2. The van der Waals surface area contributed by atoms with E-state index in [1.165, 1.54) is 12.1 Å². The Bertz CT molecular complexity index is 703. The number of amides is 2. The number of rotatable bonds is 8. The molecule has 0 unspecified atom stereocenters. The van der Waals surface area contributed by atoms with Crippen molar-refractivity contribution in [2.24, 2.45) is 0 Å². The molecule has 0 aliphatic heterocycles. The van der Waals surface area contributed by atoms with E-state index >= 15 is 0 Å². The molecule has 0 saturated heterocycles. The minimum atomic E-state index is -0.332. The van der Waals surface area contributed by atoms with Crippen LogP contribution in [0.5, 0.6) is 0 Å². The monoisotopic (exact) mass is 345 g/mol. The van der Waals surface area contributed by atoms with Gasteiger partial charge in [0.1, 0.15) is 5.82 Å². The molecule has 3 N–H and O–H groups in total. The molecule has 0 bridgehead atoms. The van der Waals surface area contributed by atoms with Crippen molar-refractivity contribution in [3.63, 3.8) is 0 Å². The van der Waals surface area contributed by atoms with Crippen molar-refractivity contribution in [3.05, 3.63) is 59.9 Å². The van der Waals surface area contributed by atoms with Crippen molar-refractivity contribution in [2.75, 3.05) is 37.4 Å². The summed E-state index contributed by atoms with van der Waals surface area (Å²) in [5.74, 6) is -0.782. The van der Waals surface area contributed by atoms with Crippen LogP contribution in [0.15, 0.2) is 48.5 Å². The van der Waals surface area contributed by atoms with Crippen LogP contribution >= 0.6 is 0 Å². The van der Waals surface area contributed by atoms with E-state index in [9.17, 15) is 14.0 Å². The van der Waals surface area contributed by atoms with Crippen LogP contribution in [0.4, 0.5) is 15.8 Å². The van der Waals surface area contributed by atoms with Gasteiger partial charge in [0.2, 0.25) is 5.91 Å². The Balaban J connectivity index is 1.80. The lowest BCUT2D eigenvalue weighted by molar-refractivity contribution is -0.114. The summed E-state index contributed by atoms with van der Waals surface area (Å²) < 4.78 is 17.7. The predicted octanol–water partition coefficient (Wildman–Crippen LogP) is 2.25. The van der Waals surface area contributed by atoms with Crippen LogP contribution in [-0.2, 0) is 9.53 Å². The molecular weight excluding hydrogens is 325 g/mol. The number of halogens is 1. The van der Waals surface area contributed by atoms with Crippen LogP contribution in [0.1, 0.15) is 10.4 Å². The average Bonchev–Trinajstić information content (AvgIpc) is 2.62.